The van der Waals surface area contributed by atoms with Crippen molar-refractivity contribution >= 4 is 40.0 Å². The first-order valence-electron chi connectivity index (χ1n) is 6.22. The molecule has 3 N–H and O–H groups in total. The number of benzene rings is 2. The maximum absolute atomic E-state index is 11.9. The minimum atomic E-state index is -0.266. The molecule has 0 aliphatic rings. The summed E-state index contributed by atoms with van der Waals surface area (Å²) in [6, 6.07) is 12.4. The predicted molar refractivity (Wildman–Crippen MR) is 82.4 cm³/mol. The Hall–Kier alpha value is -2.67. The Balaban J connectivity index is 1.65. The average molecular weight is 300 g/mol. The summed E-state index contributed by atoms with van der Waals surface area (Å²) in [4.78, 5) is 11.9. The third-order valence-electron chi connectivity index (χ3n) is 2.79. The summed E-state index contributed by atoms with van der Waals surface area (Å²) in [5, 5.41) is 2.76. The molecule has 0 fully saturated rings. The Kier molecular flexibility index (Phi) is 3.65. The molecule has 3 aromatic rings. The lowest BCUT2D eigenvalue weighted by molar-refractivity contribution is -0.118. The van der Waals surface area contributed by atoms with Crippen molar-refractivity contribution < 1.29 is 9.53 Å². The van der Waals surface area contributed by atoms with E-state index in [2.05, 4.69) is 14.1 Å². The number of fused-ring (bicyclic) bond motifs is 1. The number of hydrogen-bond donors (Lipinski definition) is 2. The Labute approximate surface area is 124 Å². The molecule has 0 aliphatic heterocycles. The van der Waals surface area contributed by atoms with Crippen molar-refractivity contribution in [1.29, 1.82) is 0 Å². The fraction of sp³-hybridized carbons (Fsp3) is 0.0714. The summed E-state index contributed by atoms with van der Waals surface area (Å²) >= 11 is 1.11. The summed E-state index contributed by atoms with van der Waals surface area (Å²) in [6.07, 6.45) is 0. The van der Waals surface area contributed by atoms with Gasteiger partial charge in [-0.05, 0) is 24.3 Å². The largest absolute Gasteiger partial charge is 0.484 e. The Morgan fingerprint density at radius 2 is 2.10 bits per heavy atom. The van der Waals surface area contributed by atoms with Gasteiger partial charge in [-0.1, -0.05) is 12.1 Å². The monoisotopic (exact) mass is 300 g/mol. The molecule has 1 amide bonds. The molecule has 21 heavy (non-hydrogen) atoms. The van der Waals surface area contributed by atoms with Gasteiger partial charge in [-0.3, -0.25) is 4.79 Å². The Bertz CT molecular complexity index is 787. The zero-order valence-electron chi connectivity index (χ0n) is 10.9. The number of nitrogen functional groups attached to an aromatic ring is 1. The van der Waals surface area contributed by atoms with E-state index in [-0.39, 0.29) is 12.5 Å². The van der Waals surface area contributed by atoms with Crippen LogP contribution in [0.4, 0.5) is 11.4 Å². The highest BCUT2D eigenvalue weighted by molar-refractivity contribution is 7.00. The SMILES string of the molecule is Nc1cccc(OCC(=O)Nc2cccc3nsnc23)c1. The number of carbonyl (C=O) groups is 1. The minimum absolute atomic E-state index is 0.0998. The van der Waals surface area contributed by atoms with Crippen molar-refractivity contribution in [2.75, 3.05) is 17.7 Å². The molecular formula is C14H12N4O2S. The van der Waals surface area contributed by atoms with E-state index in [0.717, 1.165) is 17.2 Å². The van der Waals surface area contributed by atoms with Crippen LogP contribution in [0.3, 0.4) is 0 Å². The number of nitrogens with zero attached hydrogens (tertiary/aromatic N) is 2. The number of ether oxygens (including phenoxy) is 1. The summed E-state index contributed by atoms with van der Waals surface area (Å²) in [7, 11) is 0. The standard InChI is InChI=1S/C14H12N4O2S/c15-9-3-1-4-10(7-9)20-8-13(19)16-11-5-2-6-12-14(11)18-21-17-12/h1-7H,8,15H2,(H,16,19). The van der Waals surface area contributed by atoms with Crippen molar-refractivity contribution in [2.45, 2.75) is 0 Å². The highest BCUT2D eigenvalue weighted by atomic mass is 32.1. The topological polar surface area (TPSA) is 90.1 Å². The predicted octanol–water partition coefficient (Wildman–Crippen LogP) is 2.29. The number of aromatic nitrogens is 2. The molecule has 0 atom stereocenters. The van der Waals surface area contributed by atoms with Crippen LogP contribution in [0.15, 0.2) is 42.5 Å². The quantitative estimate of drug-likeness (QED) is 0.721. The second-order valence-electron chi connectivity index (χ2n) is 4.35. The van der Waals surface area contributed by atoms with Gasteiger partial charge in [-0.2, -0.15) is 8.75 Å². The highest BCUT2D eigenvalue weighted by Gasteiger charge is 2.09. The van der Waals surface area contributed by atoms with Gasteiger partial charge in [0.2, 0.25) is 0 Å². The fourth-order valence-corrected chi connectivity index (χ4v) is 2.40. The number of hydrogen-bond acceptors (Lipinski definition) is 6. The number of nitrogens with one attached hydrogen (secondary N) is 1. The molecule has 1 heterocycles. The van der Waals surface area contributed by atoms with Crippen LogP contribution in [-0.4, -0.2) is 21.3 Å². The molecular weight excluding hydrogens is 288 g/mol. The van der Waals surface area contributed by atoms with Crippen molar-refractivity contribution in [3.63, 3.8) is 0 Å². The van der Waals surface area contributed by atoms with Gasteiger partial charge in [0.25, 0.3) is 5.91 Å². The van der Waals surface area contributed by atoms with Gasteiger partial charge < -0.3 is 15.8 Å². The molecule has 0 bridgehead atoms. The minimum Gasteiger partial charge on any atom is -0.484 e. The summed E-state index contributed by atoms with van der Waals surface area (Å²) in [5.74, 6) is 0.289. The first-order chi connectivity index (χ1) is 10.2. The lowest BCUT2D eigenvalue weighted by Gasteiger charge is -2.08. The molecule has 0 saturated carbocycles. The lowest BCUT2D eigenvalue weighted by Crippen LogP contribution is -2.20. The van der Waals surface area contributed by atoms with E-state index in [4.69, 9.17) is 10.5 Å². The maximum atomic E-state index is 11.9. The first-order valence-corrected chi connectivity index (χ1v) is 6.95. The number of nitrogens with two attached hydrogens (primary N) is 1. The maximum Gasteiger partial charge on any atom is 0.262 e. The molecule has 6 nitrogen and oxygen atoms in total. The van der Waals surface area contributed by atoms with Gasteiger partial charge in [0.05, 0.1) is 17.4 Å². The van der Waals surface area contributed by atoms with E-state index >= 15 is 0 Å². The number of anilines is 2. The normalized spacial score (nSPS) is 10.5. The summed E-state index contributed by atoms with van der Waals surface area (Å²) in [6.45, 7) is -0.0998. The average Bonchev–Trinajstić information content (AvgIpc) is 2.95. The van der Waals surface area contributed by atoms with E-state index in [1.807, 2.05) is 12.1 Å². The van der Waals surface area contributed by atoms with E-state index in [1.165, 1.54) is 0 Å². The Morgan fingerprint density at radius 1 is 1.24 bits per heavy atom. The number of carbonyl (C=O) groups excluding carboxylic acids is 1. The van der Waals surface area contributed by atoms with Crippen LogP contribution in [0.2, 0.25) is 0 Å². The zero-order valence-corrected chi connectivity index (χ0v) is 11.8. The molecule has 0 radical (unpaired) electrons. The van der Waals surface area contributed by atoms with E-state index in [0.29, 0.717) is 22.6 Å². The van der Waals surface area contributed by atoms with Crippen LogP contribution in [0.1, 0.15) is 0 Å². The summed E-state index contributed by atoms with van der Waals surface area (Å²) in [5.41, 5.74) is 8.30. The third-order valence-corrected chi connectivity index (χ3v) is 3.33. The first kappa shape index (κ1) is 13.3. The second-order valence-corrected chi connectivity index (χ2v) is 4.88. The number of amides is 1. The van der Waals surface area contributed by atoms with Gasteiger partial charge in [0.1, 0.15) is 16.8 Å². The van der Waals surface area contributed by atoms with Crippen LogP contribution in [0.5, 0.6) is 5.75 Å². The van der Waals surface area contributed by atoms with E-state index in [9.17, 15) is 4.79 Å². The molecule has 0 unspecified atom stereocenters. The van der Waals surface area contributed by atoms with Crippen LogP contribution in [-0.2, 0) is 4.79 Å². The van der Waals surface area contributed by atoms with Crippen molar-refractivity contribution in [2.24, 2.45) is 0 Å². The van der Waals surface area contributed by atoms with Crippen molar-refractivity contribution in [1.82, 2.24) is 8.75 Å². The van der Waals surface area contributed by atoms with Crippen molar-refractivity contribution in [3.8, 4) is 5.75 Å². The van der Waals surface area contributed by atoms with Gasteiger partial charge in [-0.15, -0.1) is 0 Å². The van der Waals surface area contributed by atoms with Crippen LogP contribution < -0.4 is 15.8 Å². The molecule has 106 valence electrons. The summed E-state index contributed by atoms with van der Waals surface area (Å²) < 4.78 is 13.7. The smallest absolute Gasteiger partial charge is 0.262 e. The Morgan fingerprint density at radius 3 is 2.95 bits per heavy atom. The highest BCUT2D eigenvalue weighted by Crippen LogP contribution is 2.21. The van der Waals surface area contributed by atoms with Crippen LogP contribution in [0, 0.1) is 0 Å². The van der Waals surface area contributed by atoms with Gasteiger partial charge >= 0.3 is 0 Å². The van der Waals surface area contributed by atoms with Gasteiger partial charge in [-0.25, -0.2) is 0 Å². The second kappa shape index (κ2) is 5.76. The molecule has 1 aromatic heterocycles. The molecule has 0 aliphatic carbocycles. The molecule has 3 rings (SSSR count). The van der Waals surface area contributed by atoms with Crippen LogP contribution in [0.25, 0.3) is 11.0 Å². The van der Waals surface area contributed by atoms with E-state index < -0.39 is 0 Å². The lowest BCUT2D eigenvalue weighted by atomic mass is 10.2. The molecule has 2 aromatic carbocycles. The third kappa shape index (κ3) is 3.09. The van der Waals surface area contributed by atoms with Crippen LogP contribution >= 0.6 is 11.7 Å². The van der Waals surface area contributed by atoms with Gasteiger partial charge in [0.15, 0.2) is 6.61 Å². The fourth-order valence-electron chi connectivity index (χ4n) is 1.85. The molecule has 0 saturated heterocycles. The molecule has 0 spiro atoms. The molecule has 7 heteroatoms. The number of rotatable bonds is 4. The van der Waals surface area contributed by atoms with Gasteiger partial charge in [0, 0.05) is 11.8 Å². The van der Waals surface area contributed by atoms with E-state index in [1.54, 1.807) is 30.3 Å². The van der Waals surface area contributed by atoms with Crippen molar-refractivity contribution in [3.05, 3.63) is 42.5 Å². The zero-order chi connectivity index (χ0) is 14.7.